The first-order valence-electron chi connectivity index (χ1n) is 8.11. The van der Waals surface area contributed by atoms with Gasteiger partial charge in [0.25, 0.3) is 11.1 Å². The lowest BCUT2D eigenvalue weighted by atomic mass is 10.2. The fraction of sp³-hybridized carbons (Fsp3) is 0.100. The molecule has 0 N–H and O–H groups in total. The number of nitrogens with zero attached hydrogens (tertiary/aromatic N) is 1. The first kappa shape index (κ1) is 21.2. The van der Waals surface area contributed by atoms with Crippen molar-refractivity contribution >= 4 is 74.8 Å². The molecule has 28 heavy (non-hydrogen) atoms. The van der Waals surface area contributed by atoms with Crippen molar-refractivity contribution in [2.24, 2.45) is 0 Å². The van der Waals surface area contributed by atoms with Crippen molar-refractivity contribution in [3.8, 4) is 5.75 Å². The normalized spacial score (nSPS) is 15.4. The summed E-state index contributed by atoms with van der Waals surface area (Å²) in [6, 6.07) is 10.8. The second-order valence-corrected chi connectivity index (χ2v) is 8.79. The molecule has 0 spiro atoms. The van der Waals surface area contributed by atoms with E-state index in [4.69, 9.17) is 27.9 Å². The molecule has 0 saturated carbocycles. The minimum atomic E-state index is -0.303. The van der Waals surface area contributed by atoms with Crippen LogP contribution in [0.4, 0.5) is 4.79 Å². The van der Waals surface area contributed by atoms with Gasteiger partial charge in [-0.1, -0.05) is 41.4 Å². The van der Waals surface area contributed by atoms with E-state index < -0.39 is 0 Å². The molecule has 1 heterocycles. The van der Waals surface area contributed by atoms with Gasteiger partial charge < -0.3 is 4.74 Å². The molecule has 0 aliphatic carbocycles. The minimum absolute atomic E-state index is 0.208. The summed E-state index contributed by atoms with van der Waals surface area (Å²) >= 11 is 15.2. The third kappa shape index (κ3) is 4.92. The van der Waals surface area contributed by atoms with E-state index in [1.165, 1.54) is 11.0 Å². The van der Waals surface area contributed by atoms with Crippen LogP contribution < -0.4 is 4.74 Å². The van der Waals surface area contributed by atoms with Gasteiger partial charge in [0.1, 0.15) is 12.4 Å². The Kier molecular flexibility index (Phi) is 7.09. The molecule has 1 aliphatic rings. The zero-order valence-electron chi connectivity index (χ0n) is 14.5. The van der Waals surface area contributed by atoms with Gasteiger partial charge in [-0.15, -0.1) is 6.58 Å². The average Bonchev–Trinajstić information content (AvgIpc) is 2.90. The number of thioether (sulfide) groups is 1. The van der Waals surface area contributed by atoms with Crippen LogP contribution in [0.1, 0.15) is 11.1 Å². The molecular weight excluding hydrogens is 532 g/mol. The van der Waals surface area contributed by atoms with Crippen molar-refractivity contribution in [1.82, 2.24) is 4.90 Å². The summed E-state index contributed by atoms with van der Waals surface area (Å²) in [7, 11) is 0. The van der Waals surface area contributed by atoms with E-state index in [0.29, 0.717) is 27.3 Å². The van der Waals surface area contributed by atoms with Crippen LogP contribution in [0.2, 0.25) is 10.0 Å². The van der Waals surface area contributed by atoms with Crippen LogP contribution >= 0.6 is 57.6 Å². The monoisotopic (exact) mass is 545 g/mol. The molecule has 0 unspecified atom stereocenters. The fourth-order valence-corrected chi connectivity index (χ4v) is 4.46. The van der Waals surface area contributed by atoms with Crippen molar-refractivity contribution < 1.29 is 14.3 Å². The Hall–Kier alpha value is -1.48. The molecule has 0 bridgehead atoms. The topological polar surface area (TPSA) is 46.6 Å². The number of imide groups is 1. The van der Waals surface area contributed by atoms with Gasteiger partial charge in [-0.3, -0.25) is 14.5 Å². The van der Waals surface area contributed by atoms with Crippen LogP contribution in [0.3, 0.4) is 0 Å². The lowest BCUT2D eigenvalue weighted by molar-refractivity contribution is -0.122. The Morgan fingerprint density at radius 2 is 1.96 bits per heavy atom. The molecule has 0 atom stereocenters. The van der Waals surface area contributed by atoms with Gasteiger partial charge in [0.15, 0.2) is 0 Å². The van der Waals surface area contributed by atoms with Gasteiger partial charge in [-0.2, -0.15) is 0 Å². The second kappa shape index (κ2) is 9.35. The lowest BCUT2D eigenvalue weighted by Gasteiger charge is -2.10. The molecule has 144 valence electrons. The number of hydrogen-bond donors (Lipinski definition) is 0. The summed E-state index contributed by atoms with van der Waals surface area (Å²) in [6.07, 6.45) is 3.23. The standard InChI is InChI=1S/C20H14Cl2INO3S/c1-2-7-24-19(25)18(28-20(24)26)9-12-3-6-17(16(23)8-12)27-11-13-4-5-14(21)10-15(13)22/h2-6,8-10H,1,7,11H2/b18-9+. The molecule has 0 radical (unpaired) electrons. The maximum Gasteiger partial charge on any atom is 0.293 e. The van der Waals surface area contributed by atoms with E-state index in [9.17, 15) is 9.59 Å². The number of ether oxygens (including phenoxy) is 1. The predicted octanol–water partition coefficient (Wildman–Crippen LogP) is 6.40. The third-order valence-electron chi connectivity index (χ3n) is 3.84. The smallest absolute Gasteiger partial charge is 0.293 e. The summed E-state index contributed by atoms with van der Waals surface area (Å²) < 4.78 is 6.73. The zero-order valence-corrected chi connectivity index (χ0v) is 18.9. The molecule has 1 saturated heterocycles. The van der Waals surface area contributed by atoms with Gasteiger partial charge >= 0.3 is 0 Å². The highest BCUT2D eigenvalue weighted by molar-refractivity contribution is 14.1. The van der Waals surface area contributed by atoms with E-state index >= 15 is 0 Å². The first-order chi connectivity index (χ1) is 13.4. The summed E-state index contributed by atoms with van der Waals surface area (Å²) in [5.41, 5.74) is 1.65. The van der Waals surface area contributed by atoms with E-state index in [1.807, 2.05) is 24.3 Å². The molecule has 0 aromatic heterocycles. The highest BCUT2D eigenvalue weighted by Gasteiger charge is 2.34. The Morgan fingerprint density at radius 3 is 2.64 bits per heavy atom. The molecule has 1 aliphatic heterocycles. The van der Waals surface area contributed by atoms with Crippen LogP contribution in [-0.4, -0.2) is 22.6 Å². The van der Waals surface area contributed by atoms with Gasteiger partial charge in [-0.25, -0.2) is 0 Å². The molecule has 4 nitrogen and oxygen atoms in total. The number of rotatable bonds is 6. The number of benzene rings is 2. The average molecular weight is 546 g/mol. The maximum absolute atomic E-state index is 12.3. The minimum Gasteiger partial charge on any atom is -0.488 e. The Bertz CT molecular complexity index is 993. The summed E-state index contributed by atoms with van der Waals surface area (Å²) in [6.45, 7) is 4.09. The van der Waals surface area contributed by atoms with E-state index in [-0.39, 0.29) is 17.7 Å². The second-order valence-electron chi connectivity index (χ2n) is 5.80. The Balaban J connectivity index is 1.73. The van der Waals surface area contributed by atoms with Gasteiger partial charge in [-0.05, 0) is 70.3 Å². The summed E-state index contributed by atoms with van der Waals surface area (Å²) in [4.78, 5) is 25.8. The van der Waals surface area contributed by atoms with Crippen molar-refractivity contribution in [1.29, 1.82) is 0 Å². The van der Waals surface area contributed by atoms with Crippen LogP contribution in [-0.2, 0) is 11.4 Å². The van der Waals surface area contributed by atoms with Crippen molar-refractivity contribution in [2.45, 2.75) is 6.61 Å². The fourth-order valence-electron chi connectivity index (χ4n) is 2.46. The molecule has 3 rings (SSSR count). The van der Waals surface area contributed by atoms with Gasteiger partial charge in [0.05, 0.1) is 8.48 Å². The number of carbonyl (C=O) groups excluding carboxylic acids is 2. The zero-order chi connectivity index (χ0) is 20.3. The van der Waals surface area contributed by atoms with E-state index in [0.717, 1.165) is 26.5 Å². The van der Waals surface area contributed by atoms with Crippen LogP contribution in [0.25, 0.3) is 6.08 Å². The van der Waals surface area contributed by atoms with Crippen molar-refractivity contribution in [3.63, 3.8) is 0 Å². The third-order valence-corrected chi connectivity index (χ3v) is 6.17. The highest BCUT2D eigenvalue weighted by atomic mass is 127. The summed E-state index contributed by atoms with van der Waals surface area (Å²) in [5.74, 6) is 0.395. The Morgan fingerprint density at radius 1 is 1.18 bits per heavy atom. The number of hydrogen-bond acceptors (Lipinski definition) is 4. The van der Waals surface area contributed by atoms with Crippen LogP contribution in [0.5, 0.6) is 5.75 Å². The number of halogens is 3. The quantitative estimate of drug-likeness (QED) is 0.239. The van der Waals surface area contributed by atoms with Gasteiger partial charge in [0, 0.05) is 22.2 Å². The number of carbonyl (C=O) groups is 2. The summed E-state index contributed by atoms with van der Waals surface area (Å²) in [5, 5.41) is 0.838. The number of amides is 2. The first-order valence-corrected chi connectivity index (χ1v) is 10.8. The van der Waals surface area contributed by atoms with Crippen LogP contribution in [0, 0.1) is 3.57 Å². The molecule has 1 fully saturated rings. The Labute approximate surface area is 190 Å². The predicted molar refractivity (Wildman–Crippen MR) is 123 cm³/mol. The maximum atomic E-state index is 12.3. The molecular formula is C20H14Cl2INO3S. The van der Waals surface area contributed by atoms with E-state index in [2.05, 4.69) is 29.2 Å². The van der Waals surface area contributed by atoms with Crippen molar-refractivity contribution in [3.05, 3.63) is 78.7 Å². The van der Waals surface area contributed by atoms with Crippen LogP contribution in [0.15, 0.2) is 54.0 Å². The van der Waals surface area contributed by atoms with Crippen molar-refractivity contribution in [2.75, 3.05) is 6.54 Å². The SMILES string of the molecule is C=CCN1C(=O)S/C(=C/c2ccc(OCc3ccc(Cl)cc3Cl)c(I)c2)C1=O. The molecule has 2 aromatic rings. The highest BCUT2D eigenvalue weighted by Crippen LogP contribution is 2.33. The lowest BCUT2D eigenvalue weighted by Crippen LogP contribution is -2.27. The van der Waals surface area contributed by atoms with E-state index in [1.54, 1.807) is 18.2 Å². The molecule has 2 amide bonds. The van der Waals surface area contributed by atoms with Gasteiger partial charge in [0.2, 0.25) is 0 Å². The largest absolute Gasteiger partial charge is 0.488 e. The molecule has 8 heteroatoms. The molecule has 2 aromatic carbocycles.